The van der Waals surface area contributed by atoms with Gasteiger partial charge in [-0.3, -0.25) is 9.88 Å². The zero-order valence-electron chi connectivity index (χ0n) is 9.81. The predicted octanol–water partition coefficient (Wildman–Crippen LogP) is 1.44. The lowest BCUT2D eigenvalue weighted by atomic mass is 9.91. The van der Waals surface area contributed by atoms with Crippen LogP contribution in [0.5, 0.6) is 0 Å². The van der Waals surface area contributed by atoms with Gasteiger partial charge in [0, 0.05) is 38.1 Å². The molecule has 3 nitrogen and oxygen atoms in total. The van der Waals surface area contributed by atoms with Crippen LogP contribution in [0.4, 0.5) is 0 Å². The van der Waals surface area contributed by atoms with Crippen molar-refractivity contribution in [3.8, 4) is 0 Å². The summed E-state index contributed by atoms with van der Waals surface area (Å²) in [6.45, 7) is 2.94. The Labute approximate surface area is 97.7 Å². The van der Waals surface area contributed by atoms with Crippen molar-refractivity contribution in [3.63, 3.8) is 0 Å². The maximum Gasteiger partial charge on any atom is 0.0270 e. The van der Waals surface area contributed by atoms with Crippen molar-refractivity contribution in [1.82, 2.24) is 9.88 Å². The molecule has 0 aromatic carbocycles. The second-order valence-electron chi connectivity index (χ2n) is 4.51. The summed E-state index contributed by atoms with van der Waals surface area (Å²) >= 11 is 0. The Balaban J connectivity index is 1.81. The summed E-state index contributed by atoms with van der Waals surface area (Å²) in [4.78, 5) is 6.58. The molecule has 1 aliphatic rings. The summed E-state index contributed by atoms with van der Waals surface area (Å²) in [7, 11) is 0. The second kappa shape index (κ2) is 5.97. The first-order chi connectivity index (χ1) is 7.90. The number of hydrogen-bond donors (Lipinski definition) is 1. The SMILES string of the molecule is NCCN(CCc1ccncc1)C1CCC1. The van der Waals surface area contributed by atoms with E-state index in [1.54, 1.807) is 0 Å². The first-order valence-electron chi connectivity index (χ1n) is 6.23. The van der Waals surface area contributed by atoms with Crippen LogP contribution in [0, 0.1) is 0 Å². The van der Waals surface area contributed by atoms with Gasteiger partial charge in [0.05, 0.1) is 0 Å². The Morgan fingerprint density at radius 2 is 2.00 bits per heavy atom. The van der Waals surface area contributed by atoms with E-state index in [4.69, 9.17) is 5.73 Å². The third-order valence-electron chi connectivity index (χ3n) is 3.44. The van der Waals surface area contributed by atoms with Gasteiger partial charge in [-0.05, 0) is 37.0 Å². The number of rotatable bonds is 6. The summed E-state index contributed by atoms with van der Waals surface area (Å²) in [6, 6.07) is 4.99. The summed E-state index contributed by atoms with van der Waals surface area (Å²) in [5.41, 5.74) is 7.03. The number of pyridine rings is 1. The average Bonchev–Trinajstić information content (AvgIpc) is 2.25. The fourth-order valence-corrected chi connectivity index (χ4v) is 2.22. The molecule has 0 radical (unpaired) electrons. The third-order valence-corrected chi connectivity index (χ3v) is 3.44. The fourth-order valence-electron chi connectivity index (χ4n) is 2.22. The summed E-state index contributed by atoms with van der Waals surface area (Å²) in [6.07, 6.45) is 8.95. The number of nitrogens with two attached hydrogens (primary N) is 1. The molecule has 1 fully saturated rings. The van der Waals surface area contributed by atoms with Gasteiger partial charge in [0.1, 0.15) is 0 Å². The van der Waals surface area contributed by atoms with Crippen LogP contribution < -0.4 is 5.73 Å². The van der Waals surface area contributed by atoms with Crippen LogP contribution in [-0.2, 0) is 6.42 Å². The molecule has 0 unspecified atom stereocenters. The van der Waals surface area contributed by atoms with Gasteiger partial charge in [-0.25, -0.2) is 0 Å². The van der Waals surface area contributed by atoms with Crippen LogP contribution in [-0.4, -0.2) is 35.6 Å². The Hall–Kier alpha value is -0.930. The van der Waals surface area contributed by atoms with Crippen LogP contribution in [0.2, 0.25) is 0 Å². The Bertz CT molecular complexity index is 295. The van der Waals surface area contributed by atoms with Crippen molar-refractivity contribution in [2.45, 2.75) is 31.7 Å². The molecular weight excluding hydrogens is 198 g/mol. The lowest BCUT2D eigenvalue weighted by Crippen LogP contribution is -2.43. The molecule has 0 atom stereocenters. The van der Waals surface area contributed by atoms with Crippen molar-refractivity contribution < 1.29 is 0 Å². The van der Waals surface area contributed by atoms with Gasteiger partial charge < -0.3 is 5.73 Å². The summed E-state index contributed by atoms with van der Waals surface area (Å²) in [5, 5.41) is 0. The molecule has 1 aromatic rings. The largest absolute Gasteiger partial charge is 0.329 e. The van der Waals surface area contributed by atoms with E-state index in [9.17, 15) is 0 Å². The van der Waals surface area contributed by atoms with Crippen LogP contribution in [0.1, 0.15) is 24.8 Å². The quantitative estimate of drug-likeness (QED) is 0.787. The maximum atomic E-state index is 5.66. The van der Waals surface area contributed by atoms with Gasteiger partial charge in [-0.1, -0.05) is 6.42 Å². The van der Waals surface area contributed by atoms with Gasteiger partial charge in [0.2, 0.25) is 0 Å². The molecule has 0 saturated heterocycles. The van der Waals surface area contributed by atoms with Gasteiger partial charge in [-0.2, -0.15) is 0 Å². The molecule has 2 rings (SSSR count). The van der Waals surface area contributed by atoms with Crippen LogP contribution in [0.25, 0.3) is 0 Å². The number of hydrogen-bond acceptors (Lipinski definition) is 3. The molecule has 0 amide bonds. The molecule has 2 N–H and O–H groups in total. The van der Waals surface area contributed by atoms with E-state index in [1.165, 1.54) is 24.8 Å². The molecule has 0 aliphatic heterocycles. The van der Waals surface area contributed by atoms with Gasteiger partial charge in [0.15, 0.2) is 0 Å². The highest BCUT2D eigenvalue weighted by Crippen LogP contribution is 2.24. The molecule has 1 heterocycles. The maximum absolute atomic E-state index is 5.66. The van der Waals surface area contributed by atoms with E-state index in [1.807, 2.05) is 12.4 Å². The van der Waals surface area contributed by atoms with Crippen molar-refractivity contribution >= 4 is 0 Å². The first kappa shape index (κ1) is 11.6. The molecule has 1 aliphatic carbocycles. The van der Waals surface area contributed by atoms with Crippen LogP contribution in [0.3, 0.4) is 0 Å². The topological polar surface area (TPSA) is 42.1 Å². The minimum atomic E-state index is 0.771. The lowest BCUT2D eigenvalue weighted by Gasteiger charge is -2.37. The lowest BCUT2D eigenvalue weighted by molar-refractivity contribution is 0.132. The van der Waals surface area contributed by atoms with E-state index in [-0.39, 0.29) is 0 Å². The molecule has 88 valence electrons. The molecular formula is C13H21N3. The van der Waals surface area contributed by atoms with E-state index >= 15 is 0 Å². The van der Waals surface area contributed by atoms with E-state index < -0.39 is 0 Å². The van der Waals surface area contributed by atoms with Crippen molar-refractivity contribution in [2.24, 2.45) is 5.73 Å². The first-order valence-corrected chi connectivity index (χ1v) is 6.23. The van der Waals surface area contributed by atoms with Gasteiger partial charge in [0.25, 0.3) is 0 Å². The van der Waals surface area contributed by atoms with Crippen molar-refractivity contribution in [1.29, 1.82) is 0 Å². The highest BCUT2D eigenvalue weighted by Gasteiger charge is 2.23. The number of aromatic nitrogens is 1. The van der Waals surface area contributed by atoms with E-state index in [2.05, 4.69) is 22.0 Å². The minimum absolute atomic E-state index is 0.771. The Kier molecular flexibility index (Phi) is 4.31. The molecule has 16 heavy (non-hydrogen) atoms. The Morgan fingerprint density at radius 1 is 1.25 bits per heavy atom. The summed E-state index contributed by atoms with van der Waals surface area (Å²) in [5.74, 6) is 0. The zero-order valence-corrected chi connectivity index (χ0v) is 9.81. The molecule has 1 saturated carbocycles. The second-order valence-corrected chi connectivity index (χ2v) is 4.51. The van der Waals surface area contributed by atoms with Crippen LogP contribution in [0.15, 0.2) is 24.5 Å². The normalized spacial score (nSPS) is 16.4. The third kappa shape index (κ3) is 3.03. The van der Waals surface area contributed by atoms with Gasteiger partial charge in [-0.15, -0.1) is 0 Å². The standard InChI is InChI=1S/C13H21N3/c14-7-11-16(13-2-1-3-13)10-6-12-4-8-15-9-5-12/h4-5,8-9,13H,1-3,6-7,10-11,14H2. The van der Waals surface area contributed by atoms with Crippen molar-refractivity contribution in [3.05, 3.63) is 30.1 Å². The molecule has 0 bridgehead atoms. The average molecular weight is 219 g/mol. The zero-order chi connectivity index (χ0) is 11.2. The highest BCUT2D eigenvalue weighted by molar-refractivity contribution is 5.10. The molecule has 1 aromatic heterocycles. The number of nitrogens with zero attached hydrogens (tertiary/aromatic N) is 2. The summed E-state index contributed by atoms with van der Waals surface area (Å²) < 4.78 is 0. The minimum Gasteiger partial charge on any atom is -0.329 e. The van der Waals surface area contributed by atoms with E-state index in [0.29, 0.717) is 0 Å². The predicted molar refractivity (Wildman–Crippen MR) is 66.2 cm³/mol. The van der Waals surface area contributed by atoms with Crippen molar-refractivity contribution in [2.75, 3.05) is 19.6 Å². The molecule has 0 spiro atoms. The fraction of sp³-hybridized carbons (Fsp3) is 0.615. The monoisotopic (exact) mass is 219 g/mol. The smallest absolute Gasteiger partial charge is 0.0270 e. The van der Waals surface area contributed by atoms with Gasteiger partial charge >= 0.3 is 0 Å². The van der Waals surface area contributed by atoms with Crippen LogP contribution >= 0.6 is 0 Å². The van der Waals surface area contributed by atoms with E-state index in [0.717, 1.165) is 32.1 Å². The molecule has 3 heteroatoms. The highest BCUT2D eigenvalue weighted by atomic mass is 15.2. The Morgan fingerprint density at radius 3 is 2.56 bits per heavy atom.